The van der Waals surface area contributed by atoms with E-state index in [0.717, 1.165) is 5.92 Å². The lowest BCUT2D eigenvalue weighted by Crippen LogP contribution is -1.42. The van der Waals surface area contributed by atoms with E-state index < -0.39 is 0 Å². The zero-order chi connectivity index (χ0) is 13.7. The van der Waals surface area contributed by atoms with Crippen LogP contribution in [0.2, 0.25) is 0 Å². The molecule has 0 aliphatic heterocycles. The van der Waals surface area contributed by atoms with Crippen molar-refractivity contribution in [1.82, 2.24) is 0 Å². The van der Waals surface area contributed by atoms with E-state index in [1.165, 1.54) is 19.3 Å². The molecule has 0 unspecified atom stereocenters. The molecule has 1 saturated carbocycles. The Balaban J connectivity index is -0.0000000279. The van der Waals surface area contributed by atoms with Crippen molar-refractivity contribution >= 4 is 0 Å². The van der Waals surface area contributed by atoms with Crippen LogP contribution in [0.25, 0.3) is 0 Å². The van der Waals surface area contributed by atoms with Gasteiger partial charge < -0.3 is 0 Å². The molecule has 0 amide bonds. The van der Waals surface area contributed by atoms with Crippen molar-refractivity contribution in [2.45, 2.75) is 95.4 Å². The molecule has 0 bridgehead atoms. The average molecular weight is 220 g/mol. The van der Waals surface area contributed by atoms with Gasteiger partial charge in [-0.15, -0.1) is 0 Å². The zero-order valence-electron chi connectivity index (χ0n) is 13.7. The van der Waals surface area contributed by atoms with Crippen molar-refractivity contribution in [3.8, 4) is 0 Å². The number of hydrogen-bond acceptors (Lipinski definition) is 0. The first-order chi connectivity index (χ1) is 7.31. The molecule has 0 N–H and O–H groups in total. The minimum absolute atomic E-state index is 1.08. The van der Waals surface area contributed by atoms with Crippen LogP contribution in [0.1, 0.15) is 95.4 Å². The summed E-state index contributed by atoms with van der Waals surface area (Å²) in [5, 5.41) is 0. The van der Waals surface area contributed by atoms with Gasteiger partial charge >= 0.3 is 0 Å². The van der Waals surface area contributed by atoms with Gasteiger partial charge in [-0.1, -0.05) is 95.4 Å². The van der Waals surface area contributed by atoms with Crippen molar-refractivity contribution < 1.29 is 0 Å². The molecule has 0 aromatic carbocycles. The van der Waals surface area contributed by atoms with Gasteiger partial charge in [-0.3, -0.25) is 0 Å². The van der Waals surface area contributed by atoms with Gasteiger partial charge in [-0.25, -0.2) is 0 Å². The Kier molecular flexibility index (Phi) is 129. The predicted molar refractivity (Wildman–Crippen MR) is 79.8 cm³/mol. The predicted octanol–water partition coefficient (Wildman–Crippen LogP) is 6.94. The van der Waals surface area contributed by atoms with Gasteiger partial charge in [0.25, 0.3) is 0 Å². The summed E-state index contributed by atoms with van der Waals surface area (Å²) in [6.45, 7) is 22.5. The Morgan fingerprint density at radius 1 is 0.667 bits per heavy atom. The molecule has 1 fully saturated rings. The van der Waals surface area contributed by atoms with Crippen LogP contribution in [-0.2, 0) is 0 Å². The summed E-state index contributed by atoms with van der Waals surface area (Å²) in [5.41, 5.74) is 0. The molecule has 15 heavy (non-hydrogen) atoms. The van der Waals surface area contributed by atoms with E-state index in [1.54, 1.807) is 0 Å². The Morgan fingerprint density at radius 3 is 0.733 bits per heavy atom. The second kappa shape index (κ2) is 65.7. The lowest BCUT2D eigenvalue weighted by atomic mass is 10.5. The van der Waals surface area contributed by atoms with E-state index in [0.29, 0.717) is 0 Å². The molecule has 0 aromatic rings. The molecule has 1 rings (SSSR count). The van der Waals surface area contributed by atoms with Crippen LogP contribution < -0.4 is 0 Å². The van der Waals surface area contributed by atoms with Crippen LogP contribution >= 0.6 is 0 Å². The van der Waals surface area contributed by atoms with Gasteiger partial charge in [0.2, 0.25) is 0 Å². The standard InChI is InChI=1S/C4H8.C3H8.4C2H6/c1-4-2-3-4;1-3-2;4*1-2/h4H,2-3H2,1H3;3H2,1-2H3;4*1-2H3. The fraction of sp³-hybridized carbons (Fsp3) is 1.00. The highest BCUT2D eigenvalue weighted by molar-refractivity contribution is 4.65. The van der Waals surface area contributed by atoms with Crippen molar-refractivity contribution in [1.29, 1.82) is 0 Å². The van der Waals surface area contributed by atoms with E-state index >= 15 is 0 Å². The van der Waals surface area contributed by atoms with Crippen LogP contribution in [0.3, 0.4) is 0 Å². The van der Waals surface area contributed by atoms with E-state index in [2.05, 4.69) is 20.8 Å². The highest BCUT2D eigenvalue weighted by Crippen LogP contribution is 2.26. The molecule has 1 aliphatic carbocycles. The van der Waals surface area contributed by atoms with Gasteiger partial charge in [0.05, 0.1) is 0 Å². The quantitative estimate of drug-likeness (QED) is 0.415. The largest absolute Gasteiger partial charge is 0.0683 e. The SMILES string of the molecule is CC.CC.CC.CC.CC1CC1.CCC. The van der Waals surface area contributed by atoms with Crippen LogP contribution in [0.4, 0.5) is 0 Å². The average Bonchev–Trinajstić information content (AvgIpc) is 3.13. The third-order valence-electron chi connectivity index (χ3n) is 0.866. The van der Waals surface area contributed by atoms with Gasteiger partial charge in [-0.05, 0) is 5.92 Å². The number of rotatable bonds is 0. The van der Waals surface area contributed by atoms with Gasteiger partial charge in [-0.2, -0.15) is 0 Å². The van der Waals surface area contributed by atoms with E-state index in [-0.39, 0.29) is 0 Å². The van der Waals surface area contributed by atoms with Crippen molar-refractivity contribution in [2.24, 2.45) is 5.92 Å². The lowest BCUT2D eigenvalue weighted by molar-refractivity contribution is 0.983. The van der Waals surface area contributed by atoms with Crippen LogP contribution in [0.15, 0.2) is 0 Å². The minimum Gasteiger partial charge on any atom is -0.0683 e. The molecule has 0 heteroatoms. The summed E-state index contributed by atoms with van der Waals surface area (Å²) in [5.74, 6) is 1.08. The molecule has 0 saturated heterocycles. The fourth-order valence-corrected chi connectivity index (χ4v) is 0.167. The first-order valence-electron chi connectivity index (χ1n) is 7.31. The molecule has 0 atom stereocenters. The minimum atomic E-state index is 1.08. The van der Waals surface area contributed by atoms with Gasteiger partial charge in [0.15, 0.2) is 0 Å². The Hall–Kier alpha value is 0. The highest BCUT2D eigenvalue weighted by Gasteiger charge is 2.12. The maximum atomic E-state index is 2.28. The van der Waals surface area contributed by atoms with Crippen molar-refractivity contribution in [3.05, 3.63) is 0 Å². The van der Waals surface area contributed by atoms with Crippen molar-refractivity contribution in [3.63, 3.8) is 0 Å². The fourth-order valence-electron chi connectivity index (χ4n) is 0.167. The molecule has 0 heterocycles. The molecule has 100 valence electrons. The first-order valence-corrected chi connectivity index (χ1v) is 7.31. The molecular weight excluding hydrogens is 180 g/mol. The summed E-state index contributed by atoms with van der Waals surface area (Å²) in [6, 6.07) is 0. The summed E-state index contributed by atoms with van der Waals surface area (Å²) in [6.07, 6.45) is 4.22. The lowest BCUT2D eigenvalue weighted by Gasteiger charge is -1.53. The Labute approximate surface area is 102 Å². The third-order valence-corrected chi connectivity index (χ3v) is 0.866. The van der Waals surface area contributed by atoms with Gasteiger partial charge in [0, 0.05) is 0 Å². The summed E-state index contributed by atoms with van der Waals surface area (Å²) >= 11 is 0. The van der Waals surface area contributed by atoms with Gasteiger partial charge in [0.1, 0.15) is 0 Å². The molecule has 1 aliphatic rings. The maximum absolute atomic E-state index is 2.28. The normalized spacial score (nSPS) is 9.80. The molecule has 0 spiro atoms. The van der Waals surface area contributed by atoms with E-state index in [1.807, 2.05) is 55.4 Å². The van der Waals surface area contributed by atoms with Crippen LogP contribution in [0, 0.1) is 5.92 Å². The maximum Gasteiger partial charge on any atom is -0.0443 e. The second-order valence-electron chi connectivity index (χ2n) is 2.39. The smallest absolute Gasteiger partial charge is 0.0443 e. The summed E-state index contributed by atoms with van der Waals surface area (Å²) in [4.78, 5) is 0. The van der Waals surface area contributed by atoms with Crippen LogP contribution in [-0.4, -0.2) is 0 Å². The first kappa shape index (κ1) is 29.4. The van der Waals surface area contributed by atoms with E-state index in [9.17, 15) is 0 Å². The Morgan fingerprint density at radius 2 is 0.733 bits per heavy atom. The molecule has 0 radical (unpaired) electrons. The summed E-state index contributed by atoms with van der Waals surface area (Å²) < 4.78 is 0. The second-order valence-corrected chi connectivity index (χ2v) is 2.39. The monoisotopic (exact) mass is 220 g/mol. The summed E-state index contributed by atoms with van der Waals surface area (Å²) in [7, 11) is 0. The molecule has 0 aromatic heterocycles. The topological polar surface area (TPSA) is 0 Å². The molecule has 0 nitrogen and oxygen atoms in total. The third kappa shape index (κ3) is 224. The highest BCUT2D eigenvalue weighted by atomic mass is 14.2. The van der Waals surface area contributed by atoms with E-state index in [4.69, 9.17) is 0 Å². The Bertz CT molecular complexity index is 27.0. The molecular formula is C15H40. The number of hydrogen-bond donors (Lipinski definition) is 0. The zero-order valence-corrected chi connectivity index (χ0v) is 13.7. The van der Waals surface area contributed by atoms with Crippen LogP contribution in [0.5, 0.6) is 0 Å². The van der Waals surface area contributed by atoms with Crippen molar-refractivity contribution in [2.75, 3.05) is 0 Å².